The topological polar surface area (TPSA) is 115 Å². The largest absolute Gasteiger partial charge is 0.497 e. The van der Waals surface area contributed by atoms with Crippen molar-refractivity contribution in [2.75, 3.05) is 12.8 Å². The number of methoxy groups -OCH3 is 1. The van der Waals surface area contributed by atoms with Crippen LogP contribution in [-0.4, -0.2) is 28.3 Å². The summed E-state index contributed by atoms with van der Waals surface area (Å²) in [6.45, 7) is 0. The molecule has 0 fully saturated rings. The SMILES string of the molecule is COc1cccc(-c2cn(N=C3CCc4c(C(=N)N)cccc43)c(N)n2)c1.Cl.Cl. The molecule has 1 aliphatic rings. The minimum absolute atomic E-state index is 0. The van der Waals surface area contributed by atoms with Gasteiger partial charge in [0.1, 0.15) is 11.6 Å². The maximum atomic E-state index is 7.75. The van der Waals surface area contributed by atoms with Gasteiger partial charge in [-0.25, -0.2) is 9.66 Å². The number of ether oxygens (including phenoxy) is 1. The van der Waals surface area contributed by atoms with E-state index in [0.717, 1.165) is 52.3 Å². The zero-order valence-electron chi connectivity index (χ0n) is 15.8. The third-order valence-corrected chi connectivity index (χ3v) is 4.70. The second-order valence-corrected chi connectivity index (χ2v) is 6.35. The van der Waals surface area contributed by atoms with Crippen molar-refractivity contribution in [2.24, 2.45) is 10.8 Å². The number of nitrogens with two attached hydrogens (primary N) is 2. The molecule has 0 radical (unpaired) electrons. The van der Waals surface area contributed by atoms with Gasteiger partial charge in [0.2, 0.25) is 5.95 Å². The first kappa shape index (κ1) is 22.3. The number of hydrogen-bond donors (Lipinski definition) is 3. The van der Waals surface area contributed by atoms with Crippen molar-refractivity contribution in [1.29, 1.82) is 5.41 Å². The number of nitrogens with one attached hydrogen (secondary N) is 1. The predicted molar refractivity (Wildman–Crippen MR) is 121 cm³/mol. The van der Waals surface area contributed by atoms with E-state index in [2.05, 4.69) is 4.98 Å². The van der Waals surface area contributed by atoms with Crippen LogP contribution in [-0.2, 0) is 6.42 Å². The van der Waals surface area contributed by atoms with Gasteiger partial charge in [0, 0.05) is 16.7 Å². The van der Waals surface area contributed by atoms with Crippen LogP contribution >= 0.6 is 24.8 Å². The molecule has 29 heavy (non-hydrogen) atoms. The summed E-state index contributed by atoms with van der Waals surface area (Å²) < 4.78 is 6.87. The van der Waals surface area contributed by atoms with Crippen molar-refractivity contribution < 1.29 is 4.74 Å². The Morgan fingerprint density at radius 2 is 1.93 bits per heavy atom. The molecule has 1 heterocycles. The number of rotatable bonds is 4. The van der Waals surface area contributed by atoms with E-state index in [4.69, 9.17) is 26.7 Å². The van der Waals surface area contributed by atoms with Gasteiger partial charge in [-0.05, 0) is 30.5 Å². The lowest BCUT2D eigenvalue weighted by Crippen LogP contribution is -2.13. The number of anilines is 1. The van der Waals surface area contributed by atoms with E-state index in [-0.39, 0.29) is 30.6 Å². The molecule has 2 aromatic carbocycles. The summed E-state index contributed by atoms with van der Waals surface area (Å²) in [5.74, 6) is 1.15. The van der Waals surface area contributed by atoms with Gasteiger partial charge >= 0.3 is 0 Å². The van der Waals surface area contributed by atoms with Crippen LogP contribution in [0.5, 0.6) is 5.75 Å². The lowest BCUT2D eigenvalue weighted by molar-refractivity contribution is 0.415. The minimum Gasteiger partial charge on any atom is -0.497 e. The van der Waals surface area contributed by atoms with Crippen LogP contribution in [0.15, 0.2) is 53.8 Å². The number of fused-ring (bicyclic) bond motifs is 1. The van der Waals surface area contributed by atoms with Gasteiger partial charge in [-0.2, -0.15) is 5.10 Å². The van der Waals surface area contributed by atoms with Crippen LogP contribution in [0.3, 0.4) is 0 Å². The Hall–Kier alpha value is -3.03. The van der Waals surface area contributed by atoms with Gasteiger partial charge in [-0.1, -0.05) is 30.3 Å². The molecule has 9 heteroatoms. The first-order chi connectivity index (χ1) is 13.1. The number of nitrogen functional groups attached to an aromatic ring is 2. The summed E-state index contributed by atoms with van der Waals surface area (Å²) >= 11 is 0. The molecule has 3 aromatic rings. The molecule has 0 spiro atoms. The van der Waals surface area contributed by atoms with Crippen molar-refractivity contribution in [2.45, 2.75) is 12.8 Å². The molecule has 152 valence electrons. The lowest BCUT2D eigenvalue weighted by atomic mass is 10.0. The van der Waals surface area contributed by atoms with Crippen LogP contribution in [0.4, 0.5) is 5.95 Å². The summed E-state index contributed by atoms with van der Waals surface area (Å²) in [4.78, 5) is 4.42. The standard InChI is InChI=1S/C20H20N6O.2ClH/c1-27-13-5-2-4-12(10-13)18-11-26(20(23)24-18)25-17-9-8-14-15(17)6-3-7-16(14)19(21)22;;/h2-7,10-11H,8-9H2,1H3,(H3,21,22)(H2,23,24);2*1H. The molecule has 0 bridgehead atoms. The summed E-state index contributed by atoms with van der Waals surface area (Å²) in [5, 5.41) is 12.4. The van der Waals surface area contributed by atoms with Crippen molar-refractivity contribution in [3.05, 3.63) is 65.4 Å². The highest BCUT2D eigenvalue weighted by molar-refractivity contribution is 6.08. The molecule has 4 rings (SSSR count). The van der Waals surface area contributed by atoms with E-state index < -0.39 is 0 Å². The molecule has 7 nitrogen and oxygen atoms in total. The fraction of sp³-hybridized carbons (Fsp3) is 0.150. The molecule has 0 saturated carbocycles. The fourth-order valence-corrected chi connectivity index (χ4v) is 3.38. The molecule has 5 N–H and O–H groups in total. The van der Waals surface area contributed by atoms with Gasteiger partial charge in [0.15, 0.2) is 0 Å². The Bertz CT molecular complexity index is 1080. The first-order valence-corrected chi connectivity index (χ1v) is 8.60. The highest BCUT2D eigenvalue weighted by atomic mass is 35.5. The molecule has 0 amide bonds. The van der Waals surface area contributed by atoms with Crippen LogP contribution in [0.25, 0.3) is 11.3 Å². The minimum atomic E-state index is 0. The van der Waals surface area contributed by atoms with Crippen LogP contribution in [0.2, 0.25) is 0 Å². The van der Waals surface area contributed by atoms with Crippen molar-refractivity contribution in [1.82, 2.24) is 9.66 Å². The van der Waals surface area contributed by atoms with E-state index in [1.54, 1.807) is 11.8 Å². The third kappa shape index (κ3) is 4.21. The molecular weight excluding hydrogens is 411 g/mol. The van der Waals surface area contributed by atoms with E-state index in [1.807, 2.05) is 48.7 Å². The number of benzene rings is 2. The Morgan fingerprint density at radius 3 is 2.66 bits per heavy atom. The van der Waals surface area contributed by atoms with Crippen LogP contribution < -0.4 is 16.2 Å². The summed E-state index contributed by atoms with van der Waals surface area (Å²) in [5.41, 5.74) is 17.2. The average molecular weight is 433 g/mol. The molecule has 0 unspecified atom stereocenters. The first-order valence-electron chi connectivity index (χ1n) is 8.60. The normalized spacial score (nSPS) is 13.3. The van der Waals surface area contributed by atoms with E-state index >= 15 is 0 Å². The Balaban J connectivity index is 0.00000150. The number of hydrogen-bond acceptors (Lipinski definition) is 5. The third-order valence-electron chi connectivity index (χ3n) is 4.70. The molecular formula is C20H22Cl2N6O. The number of amidine groups is 1. The Kier molecular flexibility index (Phi) is 6.89. The average Bonchev–Trinajstić information content (AvgIpc) is 3.26. The van der Waals surface area contributed by atoms with Gasteiger partial charge in [0.05, 0.1) is 24.7 Å². The fourth-order valence-electron chi connectivity index (χ4n) is 3.38. The van der Waals surface area contributed by atoms with Crippen molar-refractivity contribution >= 4 is 42.3 Å². The highest BCUT2D eigenvalue weighted by Crippen LogP contribution is 2.28. The van der Waals surface area contributed by atoms with Crippen molar-refractivity contribution in [3.63, 3.8) is 0 Å². The molecule has 1 aromatic heterocycles. The van der Waals surface area contributed by atoms with E-state index in [1.165, 1.54) is 0 Å². The molecule has 1 aliphatic carbocycles. The zero-order chi connectivity index (χ0) is 19.0. The maximum Gasteiger partial charge on any atom is 0.221 e. The Labute approximate surface area is 181 Å². The van der Waals surface area contributed by atoms with Crippen LogP contribution in [0, 0.1) is 5.41 Å². The van der Waals surface area contributed by atoms with E-state index in [9.17, 15) is 0 Å². The quantitative estimate of drug-likeness (QED) is 0.432. The summed E-state index contributed by atoms with van der Waals surface area (Å²) in [6.07, 6.45) is 3.39. The Morgan fingerprint density at radius 1 is 1.17 bits per heavy atom. The summed E-state index contributed by atoms with van der Waals surface area (Å²) in [7, 11) is 1.63. The molecule has 0 atom stereocenters. The second kappa shape index (κ2) is 8.98. The van der Waals surface area contributed by atoms with Gasteiger partial charge in [-0.15, -0.1) is 24.8 Å². The van der Waals surface area contributed by atoms with Gasteiger partial charge in [0.25, 0.3) is 0 Å². The number of nitrogens with zero attached hydrogens (tertiary/aromatic N) is 3. The maximum absolute atomic E-state index is 7.75. The number of halogens is 2. The van der Waals surface area contributed by atoms with Crippen LogP contribution in [0.1, 0.15) is 23.1 Å². The highest BCUT2D eigenvalue weighted by Gasteiger charge is 2.22. The van der Waals surface area contributed by atoms with Gasteiger partial charge in [-0.3, -0.25) is 5.41 Å². The monoisotopic (exact) mass is 432 g/mol. The number of imidazole rings is 1. The molecule has 0 saturated heterocycles. The van der Waals surface area contributed by atoms with E-state index in [0.29, 0.717) is 5.95 Å². The second-order valence-electron chi connectivity index (χ2n) is 6.35. The predicted octanol–water partition coefficient (Wildman–Crippen LogP) is 3.47. The zero-order valence-corrected chi connectivity index (χ0v) is 17.4. The summed E-state index contributed by atoms with van der Waals surface area (Å²) in [6, 6.07) is 13.4. The lowest BCUT2D eigenvalue weighted by Gasteiger charge is -2.06. The number of aromatic nitrogens is 2. The van der Waals surface area contributed by atoms with Crippen molar-refractivity contribution in [3.8, 4) is 17.0 Å². The molecule has 0 aliphatic heterocycles. The smallest absolute Gasteiger partial charge is 0.221 e. The van der Waals surface area contributed by atoms with Gasteiger partial charge < -0.3 is 16.2 Å².